The number of aliphatic hydroxyl groups is 12. The van der Waals surface area contributed by atoms with Gasteiger partial charge in [0.1, 0.15) is 91.6 Å². The van der Waals surface area contributed by atoms with Gasteiger partial charge in [-0.25, -0.2) is 0 Å². The number of hydrogen-bond donors (Lipinski definition) is 12. The third-order valence-electron chi connectivity index (χ3n) is 20.3. The van der Waals surface area contributed by atoms with Gasteiger partial charge < -0.3 is 109 Å². The van der Waals surface area contributed by atoms with Crippen molar-refractivity contribution in [1.82, 2.24) is 0 Å². The Labute approximate surface area is 426 Å². The van der Waals surface area contributed by atoms with Crippen LogP contribution in [-0.4, -0.2) is 229 Å². The summed E-state index contributed by atoms with van der Waals surface area (Å²) in [6, 6.07) is 0. The van der Waals surface area contributed by atoms with Crippen molar-refractivity contribution in [3.63, 3.8) is 0 Å². The van der Waals surface area contributed by atoms with Crippen molar-refractivity contribution in [2.75, 3.05) is 26.4 Å². The van der Waals surface area contributed by atoms with Crippen LogP contribution in [0.5, 0.6) is 0 Å². The van der Waals surface area contributed by atoms with Gasteiger partial charge in [-0.05, 0) is 111 Å². The average Bonchev–Trinajstić information content (AvgIpc) is 3.82. The Kier molecular flexibility index (Phi) is 16.2. The van der Waals surface area contributed by atoms with Crippen LogP contribution < -0.4 is 0 Å². The molecule has 10 fully saturated rings. The maximum Gasteiger partial charge on any atom is 0.187 e. The van der Waals surface area contributed by atoms with Crippen LogP contribution in [0.3, 0.4) is 0 Å². The molecule has 32 atom stereocenters. The minimum Gasteiger partial charge on any atom is -0.394 e. The van der Waals surface area contributed by atoms with Crippen LogP contribution in [0.4, 0.5) is 0 Å². The Balaban J connectivity index is 0.890. The van der Waals surface area contributed by atoms with E-state index < -0.39 is 155 Å². The zero-order valence-corrected chi connectivity index (χ0v) is 42.6. The highest BCUT2D eigenvalue weighted by Gasteiger charge is 2.69. The highest BCUT2D eigenvalue weighted by molar-refractivity contribution is 5.15. The number of aliphatic hydroxyl groups excluding tert-OH is 12. The maximum absolute atomic E-state index is 12.5. The molecule has 6 heterocycles. The quantitative estimate of drug-likeness (QED) is 0.101. The first-order valence-corrected chi connectivity index (χ1v) is 27.2. The Morgan fingerprint density at radius 3 is 1.78 bits per heavy atom. The van der Waals surface area contributed by atoms with Gasteiger partial charge in [-0.3, -0.25) is 0 Å². The Bertz CT molecular complexity index is 1860. The SMILES string of the molecule is C[C@H]1CC[C@@]2(OC1)O[C@H]1C[C@H]3[C@@H]4CC[C@@H]5C[C@@H](O[C@H]6O[C@H](CO[C@@H]7O[C@H](CO)[C@H](O)[C@H](O)[C@H]7O)[C@H](O[C@@H]7O[C@@H](C)[C@H](O)[C@@H](O)[C@H]7O)[C@H](O)[C@H]6O[C@@H]6O[C@H](CO)[C@H](O)[C@H](O)[C@H]6O)CC[C@]5(C)[C@H]4CC[C@]3(C)[C@H]1[C@@H]2C. The minimum absolute atomic E-state index is 0.00805. The second-order valence-electron chi connectivity index (χ2n) is 24.4. The first kappa shape index (κ1) is 55.4. The minimum atomic E-state index is -1.90. The van der Waals surface area contributed by atoms with E-state index in [0.29, 0.717) is 48.3 Å². The molecule has 4 saturated carbocycles. The highest BCUT2D eigenvalue weighted by atomic mass is 16.8. The zero-order valence-electron chi connectivity index (χ0n) is 42.6. The summed E-state index contributed by atoms with van der Waals surface area (Å²) in [6.07, 6.45) is -23.7. The molecule has 10 aliphatic rings. The van der Waals surface area contributed by atoms with E-state index in [1.54, 1.807) is 0 Å². The van der Waals surface area contributed by atoms with E-state index >= 15 is 0 Å². The molecule has 6 aliphatic heterocycles. The van der Waals surface area contributed by atoms with Crippen molar-refractivity contribution in [1.29, 1.82) is 0 Å². The fourth-order valence-corrected chi connectivity index (χ4v) is 16.0. The van der Waals surface area contributed by atoms with E-state index in [2.05, 4.69) is 27.7 Å². The van der Waals surface area contributed by atoms with Gasteiger partial charge in [0.2, 0.25) is 0 Å². The highest BCUT2D eigenvalue weighted by Crippen LogP contribution is 2.71. The van der Waals surface area contributed by atoms with Gasteiger partial charge in [-0.1, -0.05) is 27.7 Å². The molecular formula is C51H84O22. The summed E-state index contributed by atoms with van der Waals surface area (Å²) in [5, 5.41) is 129. The van der Waals surface area contributed by atoms with Crippen LogP contribution in [0, 0.1) is 52.3 Å². The van der Waals surface area contributed by atoms with E-state index in [9.17, 15) is 61.3 Å². The normalized spacial score (nSPS) is 58.2. The smallest absolute Gasteiger partial charge is 0.187 e. The van der Waals surface area contributed by atoms with Gasteiger partial charge >= 0.3 is 0 Å². The maximum atomic E-state index is 12.5. The zero-order chi connectivity index (χ0) is 52.2. The van der Waals surface area contributed by atoms with E-state index in [1.165, 1.54) is 6.92 Å². The fraction of sp³-hybridized carbons (Fsp3) is 1.00. The molecule has 4 aliphatic carbocycles. The number of rotatable bonds is 11. The molecule has 0 bridgehead atoms. The monoisotopic (exact) mass is 1050 g/mol. The van der Waals surface area contributed by atoms with Crippen molar-refractivity contribution in [3.8, 4) is 0 Å². The molecule has 10 rings (SSSR count). The molecule has 0 amide bonds. The van der Waals surface area contributed by atoms with Gasteiger partial charge in [-0.2, -0.15) is 0 Å². The molecule has 0 aromatic rings. The topological polar surface area (TPSA) is 335 Å². The third kappa shape index (κ3) is 9.60. The predicted molar refractivity (Wildman–Crippen MR) is 247 cm³/mol. The Hall–Kier alpha value is -0.880. The lowest BCUT2D eigenvalue weighted by molar-refractivity contribution is -0.395. The Morgan fingerprint density at radius 1 is 0.521 bits per heavy atom. The summed E-state index contributed by atoms with van der Waals surface area (Å²) in [7, 11) is 0. The first-order valence-electron chi connectivity index (χ1n) is 27.2. The van der Waals surface area contributed by atoms with Gasteiger partial charge in [0.15, 0.2) is 30.9 Å². The van der Waals surface area contributed by atoms with E-state index in [4.69, 9.17) is 47.4 Å². The summed E-state index contributed by atoms with van der Waals surface area (Å²) in [4.78, 5) is 0. The molecular weight excluding hydrogens is 965 g/mol. The lowest BCUT2D eigenvalue weighted by Crippen LogP contribution is -2.67. The average molecular weight is 1050 g/mol. The number of fused-ring (bicyclic) bond motifs is 7. The summed E-state index contributed by atoms with van der Waals surface area (Å²) >= 11 is 0. The van der Waals surface area contributed by atoms with Crippen LogP contribution in [-0.2, 0) is 47.4 Å². The number of hydrogen-bond acceptors (Lipinski definition) is 22. The number of ether oxygens (including phenoxy) is 10. The molecule has 1 spiro atoms. The summed E-state index contributed by atoms with van der Waals surface area (Å²) in [5.74, 6) is 2.69. The van der Waals surface area contributed by atoms with Gasteiger partial charge in [-0.15, -0.1) is 0 Å². The largest absolute Gasteiger partial charge is 0.394 e. The Morgan fingerprint density at radius 2 is 1.12 bits per heavy atom. The predicted octanol–water partition coefficient (Wildman–Crippen LogP) is -1.88. The van der Waals surface area contributed by atoms with E-state index in [0.717, 1.165) is 58.0 Å². The van der Waals surface area contributed by atoms with Crippen LogP contribution in [0.2, 0.25) is 0 Å². The first-order chi connectivity index (χ1) is 34.6. The standard InChI is InChI=1S/C51H84O22/c1-20-8-13-51(65-18-20)21(2)32-28(73-51)15-27-25-7-6-23-14-24(9-11-49(23,4)26(25)10-12-50(27,32)5)67-48-44(72-47-41(62)38(59)35(56)30(17-53)69-47)42(63)43(71-46-40(61)36(57)33(54)22(3)66-46)31(70-48)19-64-45-39(60)37(58)34(55)29(16-52)68-45/h20-48,52-63H,6-19H2,1-5H3/t20-,21-,22-,23+,24-,25+,26-,27-,28-,29+,30+,31+,32-,33-,34-,35-,36+,37-,38-,39+,40+,41+,42-,43-,44+,45+,46-,47-,48-,49-,50-,51+/m0/s1. The molecule has 73 heavy (non-hydrogen) atoms. The van der Waals surface area contributed by atoms with Crippen molar-refractivity contribution >= 4 is 0 Å². The van der Waals surface area contributed by atoms with Gasteiger partial charge in [0.25, 0.3) is 0 Å². The second kappa shape index (κ2) is 21.3. The van der Waals surface area contributed by atoms with E-state index in [-0.39, 0.29) is 22.9 Å². The van der Waals surface area contributed by atoms with Crippen molar-refractivity contribution < 1.29 is 109 Å². The molecule has 0 radical (unpaired) electrons. The molecule has 22 nitrogen and oxygen atoms in total. The summed E-state index contributed by atoms with van der Waals surface area (Å²) in [5.41, 5.74) is 0.166. The van der Waals surface area contributed by atoms with Crippen molar-refractivity contribution in [3.05, 3.63) is 0 Å². The molecule has 22 heteroatoms. The molecule has 0 aromatic heterocycles. The summed E-state index contributed by atoms with van der Waals surface area (Å²) in [6.45, 7) is 9.64. The van der Waals surface area contributed by atoms with Gasteiger partial charge in [0, 0.05) is 12.3 Å². The van der Waals surface area contributed by atoms with Crippen molar-refractivity contribution in [2.45, 2.75) is 240 Å². The molecule has 12 N–H and O–H groups in total. The van der Waals surface area contributed by atoms with Crippen LogP contribution >= 0.6 is 0 Å². The fourth-order valence-electron chi connectivity index (χ4n) is 16.0. The van der Waals surface area contributed by atoms with Crippen LogP contribution in [0.1, 0.15) is 98.8 Å². The molecule has 420 valence electrons. The van der Waals surface area contributed by atoms with Gasteiger partial charge in [0.05, 0.1) is 44.7 Å². The second-order valence-corrected chi connectivity index (χ2v) is 24.4. The molecule has 0 aromatic carbocycles. The third-order valence-corrected chi connectivity index (χ3v) is 20.3. The van der Waals surface area contributed by atoms with Crippen molar-refractivity contribution in [2.24, 2.45) is 52.3 Å². The van der Waals surface area contributed by atoms with E-state index in [1.807, 2.05) is 0 Å². The lowest BCUT2D eigenvalue weighted by Gasteiger charge is -2.61. The molecule has 0 unspecified atom stereocenters. The van der Waals surface area contributed by atoms with Crippen LogP contribution in [0.25, 0.3) is 0 Å². The van der Waals surface area contributed by atoms with Crippen LogP contribution in [0.15, 0.2) is 0 Å². The summed E-state index contributed by atoms with van der Waals surface area (Å²) < 4.78 is 62.5. The lowest BCUT2D eigenvalue weighted by atomic mass is 9.44. The molecule has 6 saturated heterocycles.